The number of fused-ring (bicyclic) bond motifs is 1. The highest BCUT2D eigenvalue weighted by Crippen LogP contribution is 2.41. The zero-order valence-electron chi connectivity index (χ0n) is 17.5. The van der Waals surface area contributed by atoms with Crippen LogP contribution in [0.2, 0.25) is 0 Å². The molecule has 1 aliphatic rings. The second kappa shape index (κ2) is 7.76. The second-order valence-corrected chi connectivity index (χ2v) is 8.42. The molecule has 4 rings (SSSR count). The van der Waals surface area contributed by atoms with Gasteiger partial charge in [-0.15, -0.1) is 0 Å². The Morgan fingerprint density at radius 3 is 2.73 bits per heavy atom. The maximum Gasteiger partial charge on any atom is 0.335 e. The molecular weight excluding hydrogens is 383 g/mol. The number of aryl methyl sites for hydroxylation is 1. The number of likely N-dealkylation sites (tertiary alicyclic amines) is 1. The van der Waals surface area contributed by atoms with Crippen molar-refractivity contribution in [1.29, 1.82) is 0 Å². The van der Waals surface area contributed by atoms with Gasteiger partial charge in [0.2, 0.25) is 0 Å². The lowest BCUT2D eigenvalue weighted by Gasteiger charge is -2.42. The number of aromatic amines is 1. The third kappa shape index (κ3) is 3.79. The Bertz CT molecular complexity index is 1070. The Kier molecular flexibility index (Phi) is 5.28. The summed E-state index contributed by atoms with van der Waals surface area (Å²) in [6, 6.07) is 10.8. The predicted molar refractivity (Wildman–Crippen MR) is 115 cm³/mol. The fourth-order valence-corrected chi connectivity index (χ4v) is 4.52. The van der Waals surface area contributed by atoms with Crippen LogP contribution < -0.4 is 4.74 Å². The number of carboxylic acids is 1. The molecule has 6 heteroatoms. The molecule has 0 saturated carbocycles. The van der Waals surface area contributed by atoms with E-state index in [4.69, 9.17) is 4.74 Å². The third-order valence-electron chi connectivity index (χ3n) is 6.22. The number of benzene rings is 2. The van der Waals surface area contributed by atoms with E-state index in [1.54, 1.807) is 38.3 Å². The maximum absolute atomic E-state index is 15.0. The van der Waals surface area contributed by atoms with E-state index in [0.717, 1.165) is 33.3 Å². The van der Waals surface area contributed by atoms with Crippen LogP contribution in [0.1, 0.15) is 52.9 Å². The predicted octanol–water partition coefficient (Wildman–Crippen LogP) is 5.25. The minimum atomic E-state index is -1.26. The molecule has 2 atom stereocenters. The average molecular weight is 410 g/mol. The number of methoxy groups -OCH3 is 1. The average Bonchev–Trinajstić information content (AvgIpc) is 3.21. The van der Waals surface area contributed by atoms with Gasteiger partial charge in [0, 0.05) is 48.2 Å². The maximum atomic E-state index is 15.0. The Morgan fingerprint density at radius 2 is 2.07 bits per heavy atom. The fraction of sp³-hybridized carbons (Fsp3) is 0.375. The number of aromatic nitrogens is 1. The minimum absolute atomic E-state index is 0.142. The second-order valence-electron chi connectivity index (χ2n) is 8.42. The summed E-state index contributed by atoms with van der Waals surface area (Å²) in [6.07, 6.45) is 2.75. The zero-order chi connectivity index (χ0) is 21.5. The van der Waals surface area contributed by atoms with Crippen LogP contribution in [0, 0.1) is 6.92 Å². The SMILES string of the molecule is COc1cc(C)c2[nH]ccc2c1CN1CC[C@](C)(F)C[C@H]1c1ccc(C(=O)O)cc1. The summed E-state index contributed by atoms with van der Waals surface area (Å²) < 4.78 is 20.7. The van der Waals surface area contributed by atoms with Gasteiger partial charge in [0.25, 0.3) is 0 Å². The van der Waals surface area contributed by atoms with Gasteiger partial charge in [0.15, 0.2) is 0 Å². The molecule has 0 aliphatic carbocycles. The van der Waals surface area contributed by atoms with Crippen LogP contribution in [0.15, 0.2) is 42.6 Å². The Labute approximate surface area is 175 Å². The van der Waals surface area contributed by atoms with Crippen molar-refractivity contribution >= 4 is 16.9 Å². The number of hydrogen-bond donors (Lipinski definition) is 2. The molecular formula is C24H27FN2O3. The Balaban J connectivity index is 1.72. The molecule has 1 saturated heterocycles. The standard InChI is InChI=1S/C24H27FN2O3/c1-15-12-21(30-3)19(18-8-10-26-22(15)18)14-27-11-9-24(2,25)13-20(27)16-4-6-17(7-5-16)23(28)29/h4-8,10,12,20,26H,9,11,13-14H2,1-3H3,(H,28,29)/t20-,24-/m0/s1. The van der Waals surface area contributed by atoms with Gasteiger partial charge in [-0.2, -0.15) is 0 Å². The zero-order valence-corrected chi connectivity index (χ0v) is 17.5. The molecule has 30 heavy (non-hydrogen) atoms. The van der Waals surface area contributed by atoms with Crippen LogP contribution in [0.4, 0.5) is 4.39 Å². The first kappa shape index (κ1) is 20.4. The highest BCUT2D eigenvalue weighted by atomic mass is 19.1. The van der Waals surface area contributed by atoms with Crippen LogP contribution in [0.5, 0.6) is 5.75 Å². The van der Waals surface area contributed by atoms with E-state index in [1.165, 1.54) is 0 Å². The molecule has 0 spiro atoms. The van der Waals surface area contributed by atoms with Crippen molar-refractivity contribution < 1.29 is 19.0 Å². The van der Waals surface area contributed by atoms with Gasteiger partial charge >= 0.3 is 5.97 Å². The Hall–Kier alpha value is -2.86. The number of carbonyl (C=O) groups is 1. The summed E-state index contributed by atoms with van der Waals surface area (Å²) in [5, 5.41) is 10.3. The molecule has 0 bridgehead atoms. The molecule has 2 aromatic carbocycles. The van der Waals surface area contributed by atoms with Crippen LogP contribution in [-0.4, -0.2) is 40.3 Å². The molecule has 1 aromatic heterocycles. The molecule has 2 N–H and O–H groups in total. The number of aromatic carboxylic acids is 1. The lowest BCUT2D eigenvalue weighted by molar-refractivity contribution is 0.0244. The number of H-pyrrole nitrogens is 1. The number of rotatable bonds is 5. The van der Waals surface area contributed by atoms with Gasteiger partial charge in [0.1, 0.15) is 11.4 Å². The number of hydrogen-bond acceptors (Lipinski definition) is 3. The molecule has 158 valence electrons. The van der Waals surface area contributed by atoms with Crippen molar-refractivity contribution in [3.05, 3.63) is 64.8 Å². The molecule has 1 aliphatic heterocycles. The molecule has 0 unspecified atom stereocenters. The van der Waals surface area contributed by atoms with Crippen LogP contribution in [-0.2, 0) is 6.54 Å². The van der Waals surface area contributed by atoms with E-state index in [2.05, 4.69) is 16.0 Å². The van der Waals surface area contributed by atoms with E-state index < -0.39 is 11.6 Å². The Morgan fingerprint density at radius 1 is 1.33 bits per heavy atom. The molecule has 0 amide bonds. The largest absolute Gasteiger partial charge is 0.496 e. The summed E-state index contributed by atoms with van der Waals surface area (Å²) >= 11 is 0. The number of piperidine rings is 1. The first-order valence-electron chi connectivity index (χ1n) is 10.2. The van der Waals surface area contributed by atoms with Crippen molar-refractivity contribution in [2.24, 2.45) is 0 Å². The van der Waals surface area contributed by atoms with Gasteiger partial charge < -0.3 is 14.8 Å². The topological polar surface area (TPSA) is 65.6 Å². The van der Waals surface area contributed by atoms with Gasteiger partial charge in [-0.25, -0.2) is 9.18 Å². The van der Waals surface area contributed by atoms with Crippen LogP contribution in [0.25, 0.3) is 10.9 Å². The van der Waals surface area contributed by atoms with E-state index >= 15 is 0 Å². The summed E-state index contributed by atoms with van der Waals surface area (Å²) in [6.45, 7) is 4.94. The summed E-state index contributed by atoms with van der Waals surface area (Å²) in [5.74, 6) is -0.134. The molecule has 0 radical (unpaired) electrons. The number of ether oxygens (including phenoxy) is 1. The first-order chi connectivity index (χ1) is 14.3. The highest BCUT2D eigenvalue weighted by Gasteiger charge is 2.37. The number of alkyl halides is 1. The van der Waals surface area contributed by atoms with Gasteiger partial charge in [0.05, 0.1) is 12.7 Å². The summed E-state index contributed by atoms with van der Waals surface area (Å²) in [7, 11) is 1.67. The lowest BCUT2D eigenvalue weighted by Crippen LogP contribution is -2.42. The minimum Gasteiger partial charge on any atom is -0.496 e. The normalized spacial score (nSPS) is 22.3. The van der Waals surface area contributed by atoms with Crippen molar-refractivity contribution in [2.45, 2.75) is 44.9 Å². The first-order valence-corrected chi connectivity index (χ1v) is 10.2. The van der Waals surface area contributed by atoms with Gasteiger partial charge in [-0.1, -0.05) is 12.1 Å². The van der Waals surface area contributed by atoms with E-state index in [1.807, 2.05) is 19.2 Å². The lowest BCUT2D eigenvalue weighted by atomic mass is 9.85. The van der Waals surface area contributed by atoms with Crippen molar-refractivity contribution in [3.63, 3.8) is 0 Å². The smallest absolute Gasteiger partial charge is 0.335 e. The third-order valence-corrected chi connectivity index (χ3v) is 6.22. The number of carboxylic acid groups (broad SMARTS) is 1. The number of halogens is 1. The van der Waals surface area contributed by atoms with E-state index in [9.17, 15) is 14.3 Å². The van der Waals surface area contributed by atoms with Crippen molar-refractivity contribution in [2.75, 3.05) is 13.7 Å². The number of nitrogens with zero attached hydrogens (tertiary/aromatic N) is 1. The highest BCUT2D eigenvalue weighted by molar-refractivity contribution is 5.88. The quantitative estimate of drug-likeness (QED) is 0.603. The summed E-state index contributed by atoms with van der Waals surface area (Å²) in [5.41, 5.74) is 3.19. The molecule has 5 nitrogen and oxygen atoms in total. The van der Waals surface area contributed by atoms with Crippen LogP contribution in [0.3, 0.4) is 0 Å². The molecule has 1 fully saturated rings. The van der Waals surface area contributed by atoms with Gasteiger partial charge in [-0.3, -0.25) is 4.90 Å². The van der Waals surface area contributed by atoms with Crippen molar-refractivity contribution in [3.8, 4) is 5.75 Å². The number of nitrogens with one attached hydrogen (secondary N) is 1. The fourth-order valence-electron chi connectivity index (χ4n) is 4.52. The molecule has 2 heterocycles. The van der Waals surface area contributed by atoms with E-state index in [0.29, 0.717) is 25.9 Å². The van der Waals surface area contributed by atoms with Crippen molar-refractivity contribution in [1.82, 2.24) is 9.88 Å². The molecule has 3 aromatic rings. The van der Waals surface area contributed by atoms with Gasteiger partial charge in [-0.05, 0) is 55.7 Å². The summed E-state index contributed by atoms with van der Waals surface area (Å²) in [4.78, 5) is 16.8. The monoisotopic (exact) mass is 410 g/mol. The van der Waals surface area contributed by atoms with E-state index in [-0.39, 0.29) is 11.6 Å². The van der Waals surface area contributed by atoms with Crippen LogP contribution >= 0.6 is 0 Å².